The summed E-state index contributed by atoms with van der Waals surface area (Å²) in [5, 5.41) is 14.6. The van der Waals surface area contributed by atoms with Crippen LogP contribution in [0.1, 0.15) is 23.2 Å². The van der Waals surface area contributed by atoms with Gasteiger partial charge in [-0.05, 0) is 37.1 Å². The number of ether oxygens (including phenoxy) is 2. The number of aliphatic hydroxyl groups excluding tert-OH is 1. The number of hydrogen-bond donors (Lipinski definition) is 2. The zero-order chi connectivity index (χ0) is 21.1. The molecule has 2 atom stereocenters. The largest absolute Gasteiger partial charge is 0.486 e. The van der Waals surface area contributed by atoms with E-state index in [2.05, 4.69) is 5.32 Å². The molecule has 30 heavy (non-hydrogen) atoms. The van der Waals surface area contributed by atoms with Crippen molar-refractivity contribution in [3.63, 3.8) is 0 Å². The molecular formula is C22H24Cl2N2O4. The molecule has 2 aliphatic rings. The molecule has 0 saturated carbocycles. The van der Waals surface area contributed by atoms with Crippen LogP contribution >= 0.6 is 23.2 Å². The highest BCUT2D eigenvalue weighted by molar-refractivity contribution is 6.39. The standard InChI is InChI=1S/C22H24Cl2N2O4/c23-15-4-3-5-16(24)21(15)22(28)26-10-8-14(9-11-26)25-12-17(27)20-13-29-18-6-1-2-7-19(18)30-20/h1-7,14,17,20,25,27H,8-13H2. The lowest BCUT2D eigenvalue weighted by atomic mass is 10.0. The predicted octanol–water partition coefficient (Wildman–Crippen LogP) is 3.39. The van der Waals surface area contributed by atoms with E-state index in [9.17, 15) is 9.90 Å². The van der Waals surface area contributed by atoms with Gasteiger partial charge in [-0.1, -0.05) is 41.4 Å². The van der Waals surface area contributed by atoms with Crippen molar-refractivity contribution in [3.05, 3.63) is 58.1 Å². The van der Waals surface area contributed by atoms with Crippen molar-refractivity contribution in [2.75, 3.05) is 26.2 Å². The summed E-state index contributed by atoms with van der Waals surface area (Å²) in [4.78, 5) is 14.6. The van der Waals surface area contributed by atoms with Crippen molar-refractivity contribution in [2.24, 2.45) is 0 Å². The second kappa shape index (κ2) is 9.43. The Morgan fingerprint density at radius 3 is 2.47 bits per heavy atom. The number of para-hydroxylation sites is 2. The first-order valence-corrected chi connectivity index (χ1v) is 10.8. The number of benzene rings is 2. The van der Waals surface area contributed by atoms with Crippen molar-refractivity contribution in [1.29, 1.82) is 0 Å². The lowest BCUT2D eigenvalue weighted by Gasteiger charge is -2.34. The van der Waals surface area contributed by atoms with E-state index in [1.807, 2.05) is 24.3 Å². The van der Waals surface area contributed by atoms with Crippen LogP contribution in [0.5, 0.6) is 11.5 Å². The molecule has 2 aromatic carbocycles. The predicted molar refractivity (Wildman–Crippen MR) is 116 cm³/mol. The highest BCUT2D eigenvalue weighted by Crippen LogP contribution is 2.31. The number of amides is 1. The van der Waals surface area contributed by atoms with Gasteiger partial charge in [-0.3, -0.25) is 4.79 Å². The fraction of sp³-hybridized carbons (Fsp3) is 0.409. The van der Waals surface area contributed by atoms with Crippen LogP contribution in [-0.4, -0.2) is 60.4 Å². The lowest BCUT2D eigenvalue weighted by Crippen LogP contribution is -2.50. The summed E-state index contributed by atoms with van der Waals surface area (Å²) < 4.78 is 11.5. The number of nitrogens with one attached hydrogen (secondary N) is 1. The quantitative estimate of drug-likeness (QED) is 0.730. The number of piperidine rings is 1. The van der Waals surface area contributed by atoms with Crippen LogP contribution in [0.2, 0.25) is 10.0 Å². The van der Waals surface area contributed by atoms with Gasteiger partial charge in [0.05, 0.1) is 15.6 Å². The minimum atomic E-state index is -0.694. The summed E-state index contributed by atoms with van der Waals surface area (Å²) in [5.74, 6) is 1.21. The van der Waals surface area contributed by atoms with Crippen molar-refractivity contribution in [1.82, 2.24) is 10.2 Å². The van der Waals surface area contributed by atoms with Gasteiger partial charge in [0.2, 0.25) is 0 Å². The zero-order valence-corrected chi connectivity index (χ0v) is 17.9. The monoisotopic (exact) mass is 450 g/mol. The summed E-state index contributed by atoms with van der Waals surface area (Å²) in [5.41, 5.74) is 0.359. The van der Waals surface area contributed by atoms with E-state index in [0.29, 0.717) is 53.3 Å². The van der Waals surface area contributed by atoms with Gasteiger partial charge in [0.25, 0.3) is 5.91 Å². The number of carbonyl (C=O) groups excluding carboxylic acids is 1. The Kier molecular flexibility index (Phi) is 6.68. The van der Waals surface area contributed by atoms with E-state index in [4.69, 9.17) is 32.7 Å². The van der Waals surface area contributed by atoms with E-state index in [1.165, 1.54) is 0 Å². The van der Waals surface area contributed by atoms with Crippen molar-refractivity contribution in [3.8, 4) is 11.5 Å². The second-order valence-corrected chi connectivity index (χ2v) is 8.37. The molecule has 6 nitrogen and oxygen atoms in total. The molecule has 0 bridgehead atoms. The summed E-state index contributed by atoms with van der Waals surface area (Å²) in [7, 11) is 0. The highest BCUT2D eigenvalue weighted by Gasteiger charge is 2.30. The summed E-state index contributed by atoms with van der Waals surface area (Å²) >= 11 is 12.3. The Hall–Kier alpha value is -1.99. The molecule has 0 spiro atoms. The molecule has 2 unspecified atom stereocenters. The third-order valence-electron chi connectivity index (χ3n) is 5.53. The molecule has 4 rings (SSSR count). The SMILES string of the molecule is O=C(c1c(Cl)cccc1Cl)N1CCC(NCC(O)C2COc3ccccc3O2)CC1. The smallest absolute Gasteiger partial charge is 0.256 e. The van der Waals surface area contributed by atoms with E-state index in [0.717, 1.165) is 12.8 Å². The molecule has 0 aliphatic carbocycles. The molecular weight excluding hydrogens is 427 g/mol. The van der Waals surface area contributed by atoms with Crippen LogP contribution in [0.4, 0.5) is 0 Å². The fourth-order valence-corrected chi connectivity index (χ4v) is 4.35. The maximum atomic E-state index is 12.8. The van der Waals surface area contributed by atoms with Crippen molar-refractivity contribution < 1.29 is 19.4 Å². The van der Waals surface area contributed by atoms with E-state index < -0.39 is 12.2 Å². The maximum Gasteiger partial charge on any atom is 0.256 e. The molecule has 1 amide bonds. The van der Waals surface area contributed by atoms with Gasteiger partial charge in [0.15, 0.2) is 17.6 Å². The fourth-order valence-electron chi connectivity index (χ4n) is 3.79. The minimum absolute atomic E-state index is 0.143. The Morgan fingerprint density at radius 1 is 1.10 bits per heavy atom. The number of fused-ring (bicyclic) bond motifs is 1. The average molecular weight is 451 g/mol. The number of halogens is 2. The van der Waals surface area contributed by atoms with Crippen LogP contribution in [0.15, 0.2) is 42.5 Å². The van der Waals surface area contributed by atoms with Crippen LogP contribution in [0.3, 0.4) is 0 Å². The van der Waals surface area contributed by atoms with Crippen molar-refractivity contribution >= 4 is 29.1 Å². The van der Waals surface area contributed by atoms with Crippen LogP contribution in [0.25, 0.3) is 0 Å². The van der Waals surface area contributed by atoms with E-state index in [-0.39, 0.29) is 11.9 Å². The van der Waals surface area contributed by atoms with Gasteiger partial charge >= 0.3 is 0 Å². The number of hydrogen-bond acceptors (Lipinski definition) is 5. The zero-order valence-electron chi connectivity index (χ0n) is 16.4. The first-order valence-electron chi connectivity index (χ1n) is 10.1. The number of aliphatic hydroxyl groups is 1. The third-order valence-corrected chi connectivity index (χ3v) is 6.16. The first kappa shape index (κ1) is 21.2. The summed E-state index contributed by atoms with van der Waals surface area (Å²) in [6.07, 6.45) is 0.452. The molecule has 1 fully saturated rings. The Balaban J connectivity index is 1.25. The molecule has 0 radical (unpaired) electrons. The Bertz CT molecular complexity index is 882. The van der Waals surface area contributed by atoms with Gasteiger partial charge in [-0.25, -0.2) is 0 Å². The molecule has 2 heterocycles. The first-order chi connectivity index (χ1) is 14.5. The van der Waals surface area contributed by atoms with Crippen LogP contribution in [0, 0.1) is 0 Å². The summed E-state index contributed by atoms with van der Waals surface area (Å²) in [6, 6.07) is 12.7. The van der Waals surface area contributed by atoms with Crippen LogP contribution in [-0.2, 0) is 0 Å². The normalized spacial score (nSPS) is 20.1. The maximum absolute atomic E-state index is 12.8. The molecule has 2 aliphatic heterocycles. The summed E-state index contributed by atoms with van der Waals surface area (Å²) in [6.45, 7) is 1.91. The van der Waals surface area contributed by atoms with Crippen molar-refractivity contribution in [2.45, 2.75) is 31.1 Å². The average Bonchev–Trinajstić information content (AvgIpc) is 2.77. The van der Waals surface area contributed by atoms with E-state index in [1.54, 1.807) is 23.1 Å². The lowest BCUT2D eigenvalue weighted by molar-refractivity contribution is -0.0109. The molecule has 8 heteroatoms. The van der Waals surface area contributed by atoms with Gasteiger partial charge < -0.3 is 24.8 Å². The van der Waals surface area contributed by atoms with Crippen LogP contribution < -0.4 is 14.8 Å². The third kappa shape index (κ3) is 4.67. The Morgan fingerprint density at radius 2 is 1.77 bits per heavy atom. The second-order valence-electron chi connectivity index (χ2n) is 7.55. The van der Waals surface area contributed by atoms with Gasteiger partial charge in [0.1, 0.15) is 12.7 Å². The number of likely N-dealkylation sites (tertiary alicyclic amines) is 1. The molecule has 2 N–H and O–H groups in total. The topological polar surface area (TPSA) is 71.0 Å². The van der Waals surface area contributed by atoms with Gasteiger partial charge in [0, 0.05) is 25.7 Å². The number of nitrogens with zero attached hydrogens (tertiary/aromatic N) is 1. The molecule has 1 saturated heterocycles. The minimum Gasteiger partial charge on any atom is -0.486 e. The Labute approximate surface area is 185 Å². The van der Waals surface area contributed by atoms with Gasteiger partial charge in [-0.15, -0.1) is 0 Å². The molecule has 0 aromatic heterocycles. The number of rotatable bonds is 5. The molecule has 2 aromatic rings. The molecule has 160 valence electrons. The van der Waals surface area contributed by atoms with Gasteiger partial charge in [-0.2, -0.15) is 0 Å². The van der Waals surface area contributed by atoms with E-state index >= 15 is 0 Å². The highest BCUT2D eigenvalue weighted by atomic mass is 35.5. The number of carbonyl (C=O) groups is 1.